The van der Waals surface area contributed by atoms with Crippen molar-refractivity contribution < 1.29 is 63.0 Å². The van der Waals surface area contributed by atoms with Crippen molar-refractivity contribution in [3.63, 3.8) is 0 Å². The molecule has 2 rings (SSSR count). The highest BCUT2D eigenvalue weighted by Gasteiger charge is 2.31. The minimum absolute atomic E-state index is 0.0859. The lowest BCUT2D eigenvalue weighted by atomic mass is 10.1. The molecule has 4 nitrogen and oxygen atoms in total. The maximum Gasteiger partial charge on any atom is 0.344 e. The topological polar surface area (TPSA) is 52.6 Å². The van der Waals surface area contributed by atoms with E-state index in [2.05, 4.69) is 9.47 Å². The van der Waals surface area contributed by atoms with Crippen LogP contribution in [-0.4, -0.2) is 36.7 Å². The second kappa shape index (κ2) is 11.7. The number of benzene rings is 2. The van der Waals surface area contributed by atoms with Gasteiger partial charge in [-0.1, -0.05) is 21.6 Å². The molecule has 34 heavy (non-hydrogen) atoms. The van der Waals surface area contributed by atoms with Crippen molar-refractivity contribution in [2.45, 2.75) is 0 Å². The van der Waals surface area contributed by atoms with Crippen molar-refractivity contribution in [1.29, 1.82) is 0 Å². The van der Waals surface area contributed by atoms with Crippen LogP contribution in [0.5, 0.6) is 0 Å². The van der Waals surface area contributed by atoms with Crippen LogP contribution in [0.15, 0.2) is 0 Å². The zero-order valence-corrected chi connectivity index (χ0v) is 17.7. The zero-order chi connectivity index (χ0) is 25.7. The summed E-state index contributed by atoms with van der Waals surface area (Å²) >= 11 is 0. The Morgan fingerprint density at radius 1 is 0.471 bits per heavy atom. The first-order valence-electron chi connectivity index (χ1n) is 8.53. The Morgan fingerprint density at radius 2 is 0.706 bits per heavy atom. The molecule has 0 saturated carbocycles. The normalized spacial score (nSPS) is 11.0. The van der Waals surface area contributed by atoms with Gasteiger partial charge in [-0.25, -0.2) is 53.5 Å². The molecule has 0 fully saturated rings. The average molecular weight is 542 g/mol. The molecule has 0 heterocycles. The van der Waals surface area contributed by atoms with Gasteiger partial charge in [0.05, 0.1) is 0 Å². The van der Waals surface area contributed by atoms with Crippen molar-refractivity contribution in [3.8, 4) is 0 Å². The van der Waals surface area contributed by atoms with Crippen LogP contribution in [0.25, 0.3) is 0 Å². The maximum absolute atomic E-state index is 13.5. The van der Waals surface area contributed by atoms with Crippen LogP contribution in [-0.2, 0) is 9.47 Å². The third-order valence-corrected chi connectivity index (χ3v) is 6.04. The van der Waals surface area contributed by atoms with E-state index in [-0.39, 0.29) is 11.5 Å². The number of halogens is 10. The Labute approximate surface area is 191 Å². The van der Waals surface area contributed by atoms with Gasteiger partial charge in [0.25, 0.3) is 0 Å². The Morgan fingerprint density at radius 3 is 0.971 bits per heavy atom. The number of rotatable bonds is 9. The quantitative estimate of drug-likeness (QED) is 0.105. The van der Waals surface area contributed by atoms with E-state index in [1.54, 1.807) is 0 Å². The van der Waals surface area contributed by atoms with Gasteiger partial charge < -0.3 is 9.47 Å². The van der Waals surface area contributed by atoms with E-state index in [1.807, 2.05) is 0 Å². The highest BCUT2D eigenvalue weighted by Crippen LogP contribution is 2.26. The molecule has 0 unspecified atom stereocenters. The average Bonchev–Trinajstić information content (AvgIpc) is 2.80. The molecular formula is C18H8F10O4S2. The Bertz CT molecular complexity index is 983. The summed E-state index contributed by atoms with van der Waals surface area (Å²) in [6.07, 6.45) is 0. The Balaban J connectivity index is 1.77. The summed E-state index contributed by atoms with van der Waals surface area (Å²) in [7, 11) is 1.81. The van der Waals surface area contributed by atoms with E-state index in [9.17, 15) is 53.5 Å². The lowest BCUT2D eigenvalue weighted by molar-refractivity contribution is 0.0505. The molecule has 0 aromatic heterocycles. The molecule has 0 aliphatic heterocycles. The fraction of sp³-hybridized carbons (Fsp3) is 0.222. The van der Waals surface area contributed by atoms with Crippen LogP contribution in [0, 0.1) is 58.2 Å². The summed E-state index contributed by atoms with van der Waals surface area (Å²) in [5.74, 6) is -27.4. The van der Waals surface area contributed by atoms with Crippen LogP contribution in [0.1, 0.15) is 20.7 Å². The first-order chi connectivity index (χ1) is 15.9. The number of ether oxygens (including phenoxy) is 2. The SMILES string of the molecule is O=C(OCCSSCCOC(=O)c1c(F)c(F)c(F)c(F)c1F)c1c(F)c(F)c(F)c(F)c1F. The molecule has 0 atom stereocenters. The van der Waals surface area contributed by atoms with Crippen LogP contribution in [0.4, 0.5) is 43.9 Å². The molecule has 0 aliphatic carbocycles. The molecule has 0 amide bonds. The highest BCUT2D eigenvalue weighted by molar-refractivity contribution is 8.76. The van der Waals surface area contributed by atoms with Gasteiger partial charge in [-0.05, 0) is 0 Å². The molecule has 0 saturated heterocycles. The molecule has 186 valence electrons. The number of esters is 2. The van der Waals surface area contributed by atoms with Crippen molar-refractivity contribution in [2.75, 3.05) is 24.7 Å². The second-order valence-electron chi connectivity index (χ2n) is 5.81. The molecule has 2 aromatic carbocycles. The van der Waals surface area contributed by atoms with Gasteiger partial charge in [-0.2, -0.15) is 0 Å². The predicted molar refractivity (Wildman–Crippen MR) is 97.9 cm³/mol. The number of hydrogen-bond donors (Lipinski definition) is 0. The van der Waals surface area contributed by atoms with Crippen molar-refractivity contribution in [3.05, 3.63) is 69.3 Å². The summed E-state index contributed by atoms with van der Waals surface area (Å²) < 4.78 is 141. The van der Waals surface area contributed by atoms with Gasteiger partial charge in [-0.15, -0.1) is 0 Å². The van der Waals surface area contributed by atoms with Gasteiger partial charge in [0.2, 0.25) is 11.6 Å². The lowest BCUT2D eigenvalue weighted by Crippen LogP contribution is -2.16. The van der Waals surface area contributed by atoms with Gasteiger partial charge >= 0.3 is 11.9 Å². The molecule has 2 aromatic rings. The minimum Gasteiger partial charge on any atom is -0.461 e. The van der Waals surface area contributed by atoms with Crippen molar-refractivity contribution >= 4 is 33.5 Å². The predicted octanol–water partition coefficient (Wildman–Crippen LogP) is 5.47. The summed E-state index contributed by atoms with van der Waals surface area (Å²) in [4.78, 5) is 23.2. The first kappa shape index (κ1) is 27.6. The summed E-state index contributed by atoms with van der Waals surface area (Å²) in [5.41, 5.74) is -3.54. The number of carbonyl (C=O) groups excluding carboxylic acids is 2. The van der Waals surface area contributed by atoms with E-state index in [4.69, 9.17) is 0 Å². The molecular weight excluding hydrogens is 534 g/mol. The molecule has 0 radical (unpaired) electrons. The molecule has 0 aliphatic rings. The van der Waals surface area contributed by atoms with Gasteiger partial charge in [0, 0.05) is 11.5 Å². The molecule has 0 bridgehead atoms. The van der Waals surface area contributed by atoms with Crippen molar-refractivity contribution in [2.24, 2.45) is 0 Å². The minimum atomic E-state index is -2.45. The Kier molecular flexibility index (Phi) is 9.49. The van der Waals surface area contributed by atoms with Crippen LogP contribution < -0.4 is 0 Å². The fourth-order valence-corrected chi connectivity index (χ4v) is 3.82. The summed E-state index contributed by atoms with van der Waals surface area (Å²) in [6.45, 7) is -1.08. The molecule has 16 heteroatoms. The summed E-state index contributed by atoms with van der Waals surface area (Å²) in [5, 5.41) is 0. The lowest BCUT2D eigenvalue weighted by Gasteiger charge is -2.09. The number of carbonyl (C=O) groups is 2. The molecule has 0 spiro atoms. The monoisotopic (exact) mass is 542 g/mol. The van der Waals surface area contributed by atoms with E-state index in [1.165, 1.54) is 0 Å². The first-order valence-corrected chi connectivity index (χ1v) is 11.0. The van der Waals surface area contributed by atoms with Gasteiger partial charge in [0.15, 0.2) is 46.5 Å². The maximum atomic E-state index is 13.5. The second-order valence-corrected chi connectivity index (χ2v) is 8.51. The van der Waals surface area contributed by atoms with Crippen LogP contribution in [0.3, 0.4) is 0 Å². The third-order valence-electron chi connectivity index (χ3n) is 3.71. The van der Waals surface area contributed by atoms with Gasteiger partial charge in [-0.3, -0.25) is 0 Å². The smallest absolute Gasteiger partial charge is 0.344 e. The van der Waals surface area contributed by atoms with Crippen molar-refractivity contribution in [1.82, 2.24) is 0 Å². The van der Waals surface area contributed by atoms with Gasteiger partial charge in [0.1, 0.15) is 24.3 Å². The van der Waals surface area contributed by atoms with Crippen LogP contribution >= 0.6 is 21.6 Å². The zero-order valence-electron chi connectivity index (χ0n) is 16.1. The van der Waals surface area contributed by atoms with Crippen LogP contribution in [0.2, 0.25) is 0 Å². The highest BCUT2D eigenvalue weighted by atomic mass is 33.1. The van der Waals surface area contributed by atoms with E-state index in [0.29, 0.717) is 0 Å². The Hall–Kier alpha value is -2.62. The van der Waals surface area contributed by atoms with E-state index in [0.717, 1.165) is 21.6 Å². The van der Waals surface area contributed by atoms with E-state index >= 15 is 0 Å². The summed E-state index contributed by atoms with van der Waals surface area (Å²) in [6, 6.07) is 0. The molecule has 0 N–H and O–H groups in total. The fourth-order valence-electron chi connectivity index (χ4n) is 2.17. The van der Waals surface area contributed by atoms with E-state index < -0.39 is 94.5 Å². The number of hydrogen-bond acceptors (Lipinski definition) is 6. The standard InChI is InChI=1S/C18H8F10O4S2/c19-7-5(8(20)12(24)15(27)11(7)23)17(29)31-1-3-33-34-4-2-32-18(30)6-9(21)13(25)16(28)14(26)10(6)22/h1-4H2. The largest absolute Gasteiger partial charge is 0.461 e. The third kappa shape index (κ3) is 5.71.